The van der Waals surface area contributed by atoms with Crippen molar-refractivity contribution in [2.75, 3.05) is 18.5 Å². The van der Waals surface area contributed by atoms with E-state index in [1.807, 2.05) is 13.8 Å². The Bertz CT molecular complexity index is 571. The summed E-state index contributed by atoms with van der Waals surface area (Å²) in [6.45, 7) is 7.71. The van der Waals surface area contributed by atoms with Gasteiger partial charge in [-0.05, 0) is 32.8 Å². The van der Waals surface area contributed by atoms with Crippen molar-refractivity contribution in [2.45, 2.75) is 39.7 Å². The third-order valence-electron chi connectivity index (χ3n) is 2.80. The Labute approximate surface area is 128 Å². The summed E-state index contributed by atoms with van der Waals surface area (Å²) in [6, 6.07) is 2.07. The molecule has 0 spiro atoms. The number of aromatic nitrogens is 2. The molecule has 0 aliphatic carbocycles. The quantitative estimate of drug-likeness (QED) is 0.616. The highest BCUT2D eigenvalue weighted by molar-refractivity contribution is 7.18. The molecular weight excluding hydrogens is 294 g/mol. The molecule has 4 nitrogen and oxygen atoms in total. The van der Waals surface area contributed by atoms with Gasteiger partial charge in [-0.15, -0.1) is 11.3 Å². The van der Waals surface area contributed by atoms with Crippen molar-refractivity contribution in [3.05, 3.63) is 16.1 Å². The van der Waals surface area contributed by atoms with Gasteiger partial charge < -0.3 is 10.1 Å². The fourth-order valence-electron chi connectivity index (χ4n) is 1.78. The minimum absolute atomic E-state index is 0.274. The topological polar surface area (TPSA) is 47.0 Å². The lowest BCUT2D eigenvalue weighted by atomic mass is 10.3. The minimum Gasteiger partial charge on any atom is -0.379 e. The van der Waals surface area contributed by atoms with Crippen LogP contribution in [0.1, 0.15) is 32.1 Å². The maximum Gasteiger partial charge on any atom is 0.225 e. The van der Waals surface area contributed by atoms with E-state index in [1.54, 1.807) is 11.3 Å². The van der Waals surface area contributed by atoms with Gasteiger partial charge in [-0.3, -0.25) is 0 Å². The van der Waals surface area contributed by atoms with Crippen LogP contribution in [0.5, 0.6) is 0 Å². The number of aryl methyl sites for hydroxylation is 1. The van der Waals surface area contributed by atoms with Gasteiger partial charge in [0.1, 0.15) is 9.98 Å². The van der Waals surface area contributed by atoms with Crippen LogP contribution in [-0.2, 0) is 11.2 Å². The summed E-state index contributed by atoms with van der Waals surface area (Å²) in [5, 5.41) is 4.67. The van der Waals surface area contributed by atoms with Crippen LogP contribution < -0.4 is 5.32 Å². The maximum absolute atomic E-state index is 6.21. The Kier molecular flexibility index (Phi) is 5.57. The Morgan fingerprint density at radius 1 is 1.40 bits per heavy atom. The molecule has 0 aromatic carbocycles. The normalized spacial score (nSPS) is 11.4. The van der Waals surface area contributed by atoms with E-state index in [4.69, 9.17) is 16.3 Å². The Balaban J connectivity index is 1.96. The third kappa shape index (κ3) is 4.04. The number of halogens is 1. The van der Waals surface area contributed by atoms with Crippen LogP contribution >= 0.6 is 22.9 Å². The molecule has 0 bridgehead atoms. The zero-order valence-electron chi connectivity index (χ0n) is 12.1. The van der Waals surface area contributed by atoms with Gasteiger partial charge in [0.05, 0.1) is 6.10 Å². The molecule has 0 aliphatic heterocycles. The summed E-state index contributed by atoms with van der Waals surface area (Å²) in [6.07, 6.45) is 2.18. The number of ether oxygens (including phenoxy) is 1. The van der Waals surface area contributed by atoms with Crippen LogP contribution in [0.15, 0.2) is 6.07 Å². The number of anilines is 1. The molecule has 2 rings (SSSR count). The number of nitrogens with zero attached hydrogens (tertiary/aromatic N) is 2. The highest BCUT2D eigenvalue weighted by atomic mass is 35.5. The molecule has 2 aromatic rings. The van der Waals surface area contributed by atoms with E-state index in [0.29, 0.717) is 11.1 Å². The molecule has 0 radical (unpaired) electrons. The molecule has 20 heavy (non-hydrogen) atoms. The van der Waals surface area contributed by atoms with Crippen molar-refractivity contribution >= 4 is 39.1 Å². The van der Waals surface area contributed by atoms with Gasteiger partial charge in [-0.2, -0.15) is 0 Å². The maximum atomic E-state index is 6.21. The zero-order valence-corrected chi connectivity index (χ0v) is 13.6. The Morgan fingerprint density at radius 2 is 2.20 bits per heavy atom. The van der Waals surface area contributed by atoms with Crippen molar-refractivity contribution in [3.8, 4) is 0 Å². The average Bonchev–Trinajstić information content (AvgIpc) is 2.81. The zero-order chi connectivity index (χ0) is 14.5. The van der Waals surface area contributed by atoms with Gasteiger partial charge in [-0.1, -0.05) is 18.5 Å². The monoisotopic (exact) mass is 313 g/mol. The van der Waals surface area contributed by atoms with Gasteiger partial charge >= 0.3 is 0 Å². The van der Waals surface area contributed by atoms with Crippen molar-refractivity contribution in [3.63, 3.8) is 0 Å². The van der Waals surface area contributed by atoms with Gasteiger partial charge in [0, 0.05) is 23.4 Å². The van der Waals surface area contributed by atoms with E-state index >= 15 is 0 Å². The summed E-state index contributed by atoms with van der Waals surface area (Å²) in [5.74, 6) is 0.594. The summed E-state index contributed by atoms with van der Waals surface area (Å²) >= 11 is 7.88. The summed E-state index contributed by atoms with van der Waals surface area (Å²) in [5.41, 5.74) is 0. The van der Waals surface area contributed by atoms with Crippen molar-refractivity contribution in [2.24, 2.45) is 0 Å². The van der Waals surface area contributed by atoms with E-state index in [2.05, 4.69) is 28.3 Å². The highest BCUT2D eigenvalue weighted by Crippen LogP contribution is 2.29. The molecule has 0 fully saturated rings. The molecule has 0 amide bonds. The fourth-order valence-corrected chi connectivity index (χ4v) is 3.03. The summed E-state index contributed by atoms with van der Waals surface area (Å²) < 4.78 is 5.49. The van der Waals surface area contributed by atoms with Gasteiger partial charge in [0.15, 0.2) is 0 Å². The second kappa shape index (κ2) is 7.20. The van der Waals surface area contributed by atoms with Crippen LogP contribution in [0, 0.1) is 0 Å². The molecule has 2 heterocycles. The van der Waals surface area contributed by atoms with Gasteiger partial charge in [0.25, 0.3) is 0 Å². The predicted octanol–water partition coefficient (Wildman–Crippen LogP) is 4.13. The SMILES string of the molecule is CCc1cc2c(Cl)nc(NCCCOC(C)C)nc2s1. The van der Waals surface area contributed by atoms with Crippen LogP contribution in [0.4, 0.5) is 5.95 Å². The van der Waals surface area contributed by atoms with Crippen LogP contribution in [0.2, 0.25) is 5.15 Å². The second-order valence-corrected chi connectivity index (χ2v) is 6.30. The smallest absolute Gasteiger partial charge is 0.225 e. The number of fused-ring (bicyclic) bond motifs is 1. The first-order chi connectivity index (χ1) is 9.60. The Morgan fingerprint density at radius 3 is 2.90 bits per heavy atom. The molecule has 0 atom stereocenters. The Hall–Kier alpha value is -0.910. The first-order valence-corrected chi connectivity index (χ1v) is 8.11. The van der Waals surface area contributed by atoms with E-state index in [0.717, 1.165) is 36.2 Å². The van der Waals surface area contributed by atoms with E-state index in [1.165, 1.54) is 4.88 Å². The number of hydrogen-bond acceptors (Lipinski definition) is 5. The predicted molar refractivity (Wildman–Crippen MR) is 86.0 cm³/mol. The molecule has 0 aliphatic rings. The second-order valence-electron chi connectivity index (χ2n) is 4.82. The lowest BCUT2D eigenvalue weighted by Crippen LogP contribution is -2.10. The third-order valence-corrected chi connectivity index (χ3v) is 4.26. The number of rotatable bonds is 7. The van der Waals surface area contributed by atoms with Gasteiger partial charge in [0.2, 0.25) is 5.95 Å². The molecule has 110 valence electrons. The number of nitrogens with one attached hydrogen (secondary N) is 1. The largest absolute Gasteiger partial charge is 0.379 e. The van der Waals surface area contributed by atoms with Crippen LogP contribution in [-0.4, -0.2) is 29.2 Å². The van der Waals surface area contributed by atoms with E-state index in [9.17, 15) is 0 Å². The molecule has 0 saturated carbocycles. The van der Waals surface area contributed by atoms with Crippen molar-refractivity contribution in [1.29, 1.82) is 0 Å². The molecule has 0 unspecified atom stereocenters. The minimum atomic E-state index is 0.274. The van der Waals surface area contributed by atoms with E-state index < -0.39 is 0 Å². The van der Waals surface area contributed by atoms with Crippen LogP contribution in [0.25, 0.3) is 10.2 Å². The molecular formula is C14H20ClN3OS. The standard InChI is InChI=1S/C14H20ClN3OS/c1-4-10-8-11-12(15)17-14(18-13(11)20-10)16-6-5-7-19-9(2)3/h8-9H,4-7H2,1-3H3,(H,16,17,18). The molecule has 6 heteroatoms. The number of hydrogen-bond donors (Lipinski definition) is 1. The molecule has 2 aromatic heterocycles. The van der Waals surface area contributed by atoms with Crippen LogP contribution in [0.3, 0.4) is 0 Å². The average molecular weight is 314 g/mol. The summed E-state index contributed by atoms with van der Waals surface area (Å²) in [7, 11) is 0. The molecule has 1 N–H and O–H groups in total. The first kappa shape index (κ1) is 15.5. The van der Waals surface area contributed by atoms with Crippen molar-refractivity contribution in [1.82, 2.24) is 9.97 Å². The fraction of sp³-hybridized carbons (Fsp3) is 0.571. The summed E-state index contributed by atoms with van der Waals surface area (Å²) in [4.78, 5) is 11.0. The lowest BCUT2D eigenvalue weighted by Gasteiger charge is -2.08. The van der Waals surface area contributed by atoms with Crippen molar-refractivity contribution < 1.29 is 4.74 Å². The van der Waals surface area contributed by atoms with E-state index in [-0.39, 0.29) is 6.10 Å². The highest BCUT2D eigenvalue weighted by Gasteiger charge is 2.09. The first-order valence-electron chi connectivity index (χ1n) is 6.91. The number of thiophene rings is 1. The molecule has 0 saturated heterocycles. The van der Waals surface area contributed by atoms with Gasteiger partial charge in [-0.25, -0.2) is 9.97 Å². The lowest BCUT2D eigenvalue weighted by molar-refractivity contribution is 0.0787.